The molecule has 1 saturated heterocycles. The molecule has 21 heavy (non-hydrogen) atoms. The number of carbonyl (C=O) groups is 2. The minimum absolute atomic E-state index is 0.0471. The monoisotopic (exact) mass is 289 g/mol. The predicted octanol–water partition coefficient (Wildman–Crippen LogP) is 1.89. The number of carbonyl (C=O) groups excluding carboxylic acids is 2. The van der Waals surface area contributed by atoms with Crippen molar-refractivity contribution < 1.29 is 18.7 Å². The number of morpholine rings is 1. The number of hydrogen-bond donors (Lipinski definition) is 0. The maximum Gasteiger partial charge on any atom is 0.233 e. The van der Waals surface area contributed by atoms with Crippen molar-refractivity contribution in [3.63, 3.8) is 0 Å². The number of furan rings is 1. The summed E-state index contributed by atoms with van der Waals surface area (Å²) in [5.74, 6) is 0.0402. The van der Waals surface area contributed by atoms with Crippen LogP contribution in [0.4, 0.5) is 0 Å². The number of ether oxygens (including phenoxy) is 1. The SMILES string of the molecule is O=C1/C(=C/c2ccco2)CCCC1C(=O)N1CCOCC1. The van der Waals surface area contributed by atoms with Crippen LogP contribution < -0.4 is 0 Å². The smallest absolute Gasteiger partial charge is 0.233 e. The quantitative estimate of drug-likeness (QED) is 0.616. The third kappa shape index (κ3) is 3.08. The molecule has 1 saturated carbocycles. The summed E-state index contributed by atoms with van der Waals surface area (Å²) >= 11 is 0. The van der Waals surface area contributed by atoms with Gasteiger partial charge in [-0.2, -0.15) is 0 Å². The lowest BCUT2D eigenvalue weighted by Gasteiger charge is -2.31. The standard InChI is InChI=1S/C16H19NO4/c18-15-12(11-13-4-2-8-21-13)3-1-5-14(15)16(19)17-6-9-20-10-7-17/h2,4,8,11,14H,1,3,5-7,9-10H2/b12-11+. The van der Waals surface area contributed by atoms with Crippen LogP contribution in [0.1, 0.15) is 25.0 Å². The van der Waals surface area contributed by atoms with E-state index in [4.69, 9.17) is 9.15 Å². The largest absolute Gasteiger partial charge is 0.465 e. The van der Waals surface area contributed by atoms with E-state index in [-0.39, 0.29) is 11.7 Å². The highest BCUT2D eigenvalue weighted by molar-refractivity contribution is 6.12. The van der Waals surface area contributed by atoms with Crippen LogP contribution in [0.15, 0.2) is 28.4 Å². The molecule has 2 heterocycles. The van der Waals surface area contributed by atoms with Gasteiger partial charge in [-0.1, -0.05) is 0 Å². The molecule has 0 radical (unpaired) electrons. The van der Waals surface area contributed by atoms with Gasteiger partial charge in [0.1, 0.15) is 11.7 Å². The van der Waals surface area contributed by atoms with E-state index in [0.717, 1.165) is 6.42 Å². The van der Waals surface area contributed by atoms with Crippen molar-refractivity contribution in [2.75, 3.05) is 26.3 Å². The third-order valence-electron chi connectivity index (χ3n) is 4.05. The second kappa shape index (κ2) is 6.26. The zero-order valence-electron chi connectivity index (χ0n) is 11.9. The van der Waals surface area contributed by atoms with Crippen molar-refractivity contribution in [1.82, 2.24) is 4.90 Å². The number of hydrogen-bond acceptors (Lipinski definition) is 4. The van der Waals surface area contributed by atoms with Gasteiger partial charge < -0.3 is 14.1 Å². The van der Waals surface area contributed by atoms with Crippen molar-refractivity contribution in [1.29, 1.82) is 0 Å². The summed E-state index contributed by atoms with van der Waals surface area (Å²) in [5.41, 5.74) is 0.697. The van der Waals surface area contributed by atoms with E-state index in [2.05, 4.69) is 0 Å². The number of Topliss-reactive ketones (excluding diaryl/α,β-unsaturated/α-hetero) is 1. The first kappa shape index (κ1) is 14.1. The highest BCUT2D eigenvalue weighted by atomic mass is 16.5. The summed E-state index contributed by atoms with van der Waals surface area (Å²) in [7, 11) is 0. The van der Waals surface area contributed by atoms with Gasteiger partial charge in [0.05, 0.1) is 19.5 Å². The molecule has 1 amide bonds. The van der Waals surface area contributed by atoms with Gasteiger partial charge in [0.2, 0.25) is 5.91 Å². The molecule has 1 aliphatic heterocycles. The molecule has 0 spiro atoms. The van der Waals surface area contributed by atoms with E-state index in [1.807, 2.05) is 6.07 Å². The maximum absolute atomic E-state index is 12.5. The molecular weight excluding hydrogens is 270 g/mol. The van der Waals surface area contributed by atoms with E-state index in [9.17, 15) is 9.59 Å². The molecule has 1 aromatic rings. The Morgan fingerprint density at radius 1 is 1.33 bits per heavy atom. The minimum Gasteiger partial charge on any atom is -0.465 e. The second-order valence-corrected chi connectivity index (χ2v) is 5.43. The van der Waals surface area contributed by atoms with E-state index in [0.29, 0.717) is 50.5 Å². The molecule has 2 fully saturated rings. The van der Waals surface area contributed by atoms with Gasteiger partial charge in [-0.25, -0.2) is 0 Å². The Labute approximate surface area is 123 Å². The molecule has 5 heteroatoms. The summed E-state index contributed by atoms with van der Waals surface area (Å²) < 4.78 is 10.5. The van der Waals surface area contributed by atoms with Crippen molar-refractivity contribution in [3.8, 4) is 0 Å². The number of amides is 1. The minimum atomic E-state index is -0.530. The molecule has 3 rings (SSSR count). The molecule has 0 N–H and O–H groups in total. The Bertz CT molecular complexity index is 541. The molecule has 1 unspecified atom stereocenters. The average Bonchev–Trinajstić information content (AvgIpc) is 3.03. The van der Waals surface area contributed by atoms with Gasteiger partial charge in [-0.3, -0.25) is 9.59 Å². The first-order valence-electron chi connectivity index (χ1n) is 7.40. The van der Waals surface area contributed by atoms with Crippen molar-refractivity contribution in [3.05, 3.63) is 29.7 Å². The first-order valence-corrected chi connectivity index (χ1v) is 7.40. The van der Waals surface area contributed by atoms with E-state index in [1.54, 1.807) is 23.3 Å². The summed E-state index contributed by atoms with van der Waals surface area (Å²) in [6.07, 6.45) is 5.56. The Balaban J connectivity index is 1.74. The van der Waals surface area contributed by atoms with Gasteiger partial charge in [-0.15, -0.1) is 0 Å². The number of allylic oxidation sites excluding steroid dienone is 1. The average molecular weight is 289 g/mol. The zero-order valence-corrected chi connectivity index (χ0v) is 11.9. The molecule has 2 aliphatic rings. The zero-order chi connectivity index (χ0) is 14.7. The van der Waals surface area contributed by atoms with Gasteiger partial charge in [0.25, 0.3) is 0 Å². The van der Waals surface area contributed by atoms with Crippen LogP contribution in [0.5, 0.6) is 0 Å². The van der Waals surface area contributed by atoms with Crippen LogP contribution in [0.2, 0.25) is 0 Å². The van der Waals surface area contributed by atoms with Gasteiger partial charge in [0, 0.05) is 13.1 Å². The van der Waals surface area contributed by atoms with Crippen molar-refractivity contribution in [2.45, 2.75) is 19.3 Å². The topological polar surface area (TPSA) is 59.8 Å². The first-order chi connectivity index (χ1) is 10.3. The molecule has 0 bridgehead atoms. The normalized spacial score (nSPS) is 25.3. The maximum atomic E-state index is 12.5. The van der Waals surface area contributed by atoms with Crippen LogP contribution in [0.3, 0.4) is 0 Å². The van der Waals surface area contributed by atoms with Crippen molar-refractivity contribution >= 4 is 17.8 Å². The lowest BCUT2D eigenvalue weighted by molar-refractivity contribution is -0.144. The number of nitrogens with zero attached hydrogens (tertiary/aromatic N) is 1. The van der Waals surface area contributed by atoms with Gasteiger partial charge in [0.15, 0.2) is 5.78 Å². The lowest BCUT2D eigenvalue weighted by Crippen LogP contribution is -2.46. The molecule has 5 nitrogen and oxygen atoms in total. The highest BCUT2D eigenvalue weighted by Crippen LogP contribution is 2.28. The highest BCUT2D eigenvalue weighted by Gasteiger charge is 2.35. The fourth-order valence-electron chi connectivity index (χ4n) is 2.90. The summed E-state index contributed by atoms with van der Waals surface area (Å²) in [6, 6.07) is 3.60. The fraction of sp³-hybridized carbons (Fsp3) is 0.500. The summed E-state index contributed by atoms with van der Waals surface area (Å²) in [5, 5.41) is 0. The fourth-order valence-corrected chi connectivity index (χ4v) is 2.90. The Morgan fingerprint density at radius 2 is 2.14 bits per heavy atom. The Kier molecular flexibility index (Phi) is 4.20. The van der Waals surface area contributed by atoms with Crippen LogP contribution in [-0.4, -0.2) is 42.9 Å². The summed E-state index contributed by atoms with van der Waals surface area (Å²) in [6.45, 7) is 2.28. The molecular formula is C16H19NO4. The number of ketones is 1. The molecule has 1 aliphatic carbocycles. The van der Waals surface area contributed by atoms with Crippen molar-refractivity contribution in [2.24, 2.45) is 5.92 Å². The third-order valence-corrected chi connectivity index (χ3v) is 4.05. The molecule has 1 atom stereocenters. The van der Waals surface area contributed by atoms with Crippen LogP contribution in [0.25, 0.3) is 6.08 Å². The molecule has 0 aromatic carbocycles. The summed E-state index contributed by atoms with van der Waals surface area (Å²) in [4.78, 5) is 26.8. The van der Waals surface area contributed by atoms with E-state index >= 15 is 0 Å². The van der Waals surface area contributed by atoms with Crippen LogP contribution in [-0.2, 0) is 14.3 Å². The van der Waals surface area contributed by atoms with Crippen LogP contribution in [0, 0.1) is 5.92 Å². The Hall–Kier alpha value is -1.88. The lowest BCUT2D eigenvalue weighted by atomic mass is 9.83. The van der Waals surface area contributed by atoms with Gasteiger partial charge >= 0.3 is 0 Å². The van der Waals surface area contributed by atoms with E-state index < -0.39 is 5.92 Å². The molecule has 1 aromatic heterocycles. The second-order valence-electron chi connectivity index (χ2n) is 5.43. The van der Waals surface area contributed by atoms with Crippen LogP contribution >= 0.6 is 0 Å². The van der Waals surface area contributed by atoms with Gasteiger partial charge in [-0.05, 0) is 43.0 Å². The predicted molar refractivity (Wildman–Crippen MR) is 76.4 cm³/mol. The Morgan fingerprint density at radius 3 is 2.86 bits per heavy atom. The van der Waals surface area contributed by atoms with E-state index in [1.165, 1.54) is 0 Å². The molecule has 112 valence electrons. The number of rotatable bonds is 2.